The third-order valence-electron chi connectivity index (χ3n) is 3.69. The van der Waals surface area contributed by atoms with Crippen LogP contribution >= 0.6 is 23.2 Å². The maximum absolute atomic E-state index is 10.0. The first-order chi connectivity index (χ1) is 10.5. The number of nitrogens with one attached hydrogen (secondary N) is 1. The molecule has 1 aromatic rings. The molecule has 1 unspecified atom stereocenters. The van der Waals surface area contributed by atoms with Crippen molar-refractivity contribution in [2.24, 2.45) is 0 Å². The zero-order chi connectivity index (χ0) is 16.1. The van der Waals surface area contributed by atoms with Crippen LogP contribution in [0.4, 0.5) is 0 Å². The Hall–Kier alpha value is -0.520. The van der Waals surface area contributed by atoms with Crippen LogP contribution in [-0.2, 0) is 4.74 Å². The summed E-state index contributed by atoms with van der Waals surface area (Å²) in [6.07, 6.45) is 1.80. The number of rotatable bonds is 6. The minimum atomic E-state index is -0.608. The van der Waals surface area contributed by atoms with Gasteiger partial charge in [0.2, 0.25) is 0 Å². The first kappa shape index (κ1) is 17.8. The third-order valence-corrected chi connectivity index (χ3v) is 4.49. The predicted molar refractivity (Wildman–Crippen MR) is 89.0 cm³/mol. The molecule has 1 aromatic carbocycles. The molecule has 6 heteroatoms. The lowest BCUT2D eigenvalue weighted by Gasteiger charge is -2.33. The van der Waals surface area contributed by atoms with Crippen molar-refractivity contribution in [1.29, 1.82) is 0 Å². The Bertz CT molecular complexity index is 476. The molecule has 1 fully saturated rings. The largest absolute Gasteiger partial charge is 0.489 e. The smallest absolute Gasteiger partial charge is 0.139 e. The van der Waals surface area contributed by atoms with E-state index in [1.54, 1.807) is 18.2 Å². The van der Waals surface area contributed by atoms with E-state index in [0.29, 0.717) is 28.4 Å². The van der Waals surface area contributed by atoms with Crippen LogP contribution in [0.15, 0.2) is 18.2 Å². The molecule has 22 heavy (non-hydrogen) atoms. The minimum absolute atomic E-state index is 0.168. The Labute approximate surface area is 141 Å². The summed E-state index contributed by atoms with van der Waals surface area (Å²) in [5, 5.41) is 14.2. The lowest BCUT2D eigenvalue weighted by atomic mass is 10.00. The second-order valence-corrected chi connectivity index (χ2v) is 6.64. The molecule has 124 valence electrons. The summed E-state index contributed by atoms with van der Waals surface area (Å²) in [7, 11) is 0. The van der Waals surface area contributed by atoms with Gasteiger partial charge in [-0.05, 0) is 38.8 Å². The van der Waals surface area contributed by atoms with Gasteiger partial charge in [0, 0.05) is 12.6 Å². The highest BCUT2D eigenvalue weighted by Crippen LogP contribution is 2.31. The molecule has 0 radical (unpaired) electrons. The van der Waals surface area contributed by atoms with Gasteiger partial charge in [-0.2, -0.15) is 0 Å². The Morgan fingerprint density at radius 2 is 2.00 bits per heavy atom. The Balaban J connectivity index is 1.74. The summed E-state index contributed by atoms with van der Waals surface area (Å²) in [4.78, 5) is 0. The number of aliphatic hydroxyl groups is 1. The van der Waals surface area contributed by atoms with Crippen molar-refractivity contribution in [1.82, 2.24) is 5.32 Å². The summed E-state index contributed by atoms with van der Waals surface area (Å²) in [6.45, 7) is 4.79. The highest BCUT2D eigenvalue weighted by Gasteiger charge is 2.24. The second kappa shape index (κ2) is 8.37. The lowest BCUT2D eigenvalue weighted by molar-refractivity contribution is -0.0437. The molecule has 0 bridgehead atoms. The molecular weight excluding hydrogens is 325 g/mol. The number of ether oxygens (including phenoxy) is 2. The average molecular weight is 348 g/mol. The van der Waals surface area contributed by atoms with Crippen LogP contribution < -0.4 is 10.1 Å². The second-order valence-electron chi connectivity index (χ2n) is 5.85. The van der Waals surface area contributed by atoms with Gasteiger partial charge in [-0.3, -0.25) is 0 Å². The first-order valence-corrected chi connectivity index (χ1v) is 8.35. The normalized spacial score (nSPS) is 26.7. The van der Waals surface area contributed by atoms with Crippen molar-refractivity contribution in [3.8, 4) is 5.75 Å². The van der Waals surface area contributed by atoms with E-state index in [4.69, 9.17) is 32.7 Å². The molecule has 0 saturated carbocycles. The molecule has 1 heterocycles. The molecule has 4 atom stereocenters. The van der Waals surface area contributed by atoms with Gasteiger partial charge in [-0.1, -0.05) is 29.3 Å². The van der Waals surface area contributed by atoms with Crippen LogP contribution in [0.1, 0.15) is 26.7 Å². The average Bonchev–Trinajstić information content (AvgIpc) is 2.46. The van der Waals surface area contributed by atoms with Crippen LogP contribution in [0.2, 0.25) is 10.0 Å². The molecule has 0 aromatic heterocycles. The molecule has 4 nitrogen and oxygen atoms in total. The molecule has 2 rings (SSSR count). The van der Waals surface area contributed by atoms with Gasteiger partial charge in [-0.25, -0.2) is 0 Å². The van der Waals surface area contributed by atoms with Crippen LogP contribution in [0, 0.1) is 0 Å². The van der Waals surface area contributed by atoms with E-state index in [2.05, 4.69) is 19.2 Å². The number of hydrogen-bond acceptors (Lipinski definition) is 4. The summed E-state index contributed by atoms with van der Waals surface area (Å²) in [5.74, 6) is 0.488. The number of halogens is 2. The molecule has 1 aliphatic heterocycles. The van der Waals surface area contributed by atoms with Crippen LogP contribution in [0.25, 0.3) is 0 Å². The fourth-order valence-electron chi connectivity index (χ4n) is 2.72. The van der Waals surface area contributed by atoms with E-state index in [1.807, 2.05) is 0 Å². The maximum Gasteiger partial charge on any atom is 0.139 e. The topological polar surface area (TPSA) is 50.7 Å². The van der Waals surface area contributed by atoms with Crippen molar-refractivity contribution in [3.63, 3.8) is 0 Å². The van der Waals surface area contributed by atoms with Gasteiger partial charge in [0.05, 0.1) is 17.2 Å². The van der Waals surface area contributed by atoms with Crippen molar-refractivity contribution in [2.45, 2.75) is 51.0 Å². The van der Waals surface area contributed by atoms with Crippen LogP contribution in [-0.4, -0.2) is 42.6 Å². The van der Waals surface area contributed by atoms with Gasteiger partial charge in [0.1, 0.15) is 23.5 Å². The molecule has 0 amide bonds. The molecule has 2 N–H and O–H groups in total. The van der Waals surface area contributed by atoms with Crippen molar-refractivity contribution >= 4 is 23.2 Å². The molecule has 0 spiro atoms. The van der Waals surface area contributed by atoms with E-state index in [9.17, 15) is 5.11 Å². The van der Waals surface area contributed by atoms with Crippen LogP contribution in [0.5, 0.6) is 5.75 Å². The SMILES string of the molecule is C[C@@H]1CC(NC[C@H](O)COc2cccc(Cl)c2Cl)C[C@H](C)O1. The summed E-state index contributed by atoms with van der Waals surface area (Å²) in [5.41, 5.74) is 0. The van der Waals surface area contributed by atoms with E-state index in [1.165, 1.54) is 0 Å². The summed E-state index contributed by atoms with van der Waals surface area (Å²) in [6, 6.07) is 5.56. The molecular formula is C16H23Cl2NO3. The van der Waals surface area contributed by atoms with E-state index >= 15 is 0 Å². The maximum atomic E-state index is 10.0. The van der Waals surface area contributed by atoms with Gasteiger partial charge in [-0.15, -0.1) is 0 Å². The minimum Gasteiger partial charge on any atom is -0.489 e. The van der Waals surface area contributed by atoms with Gasteiger partial charge >= 0.3 is 0 Å². The monoisotopic (exact) mass is 347 g/mol. The van der Waals surface area contributed by atoms with E-state index in [0.717, 1.165) is 12.8 Å². The fourth-order valence-corrected chi connectivity index (χ4v) is 3.06. The molecule has 1 aliphatic rings. The van der Waals surface area contributed by atoms with Gasteiger partial charge in [0.25, 0.3) is 0 Å². The molecule has 1 saturated heterocycles. The molecule has 0 aliphatic carbocycles. The highest BCUT2D eigenvalue weighted by atomic mass is 35.5. The number of aliphatic hydroxyl groups excluding tert-OH is 1. The number of hydrogen-bond donors (Lipinski definition) is 2. The van der Waals surface area contributed by atoms with Gasteiger partial charge < -0.3 is 19.9 Å². The Morgan fingerprint density at radius 3 is 2.68 bits per heavy atom. The van der Waals surface area contributed by atoms with E-state index in [-0.39, 0.29) is 18.8 Å². The summed E-state index contributed by atoms with van der Waals surface area (Å²) >= 11 is 12.0. The zero-order valence-corrected chi connectivity index (χ0v) is 14.4. The lowest BCUT2D eigenvalue weighted by Crippen LogP contribution is -2.44. The van der Waals surface area contributed by atoms with Crippen molar-refractivity contribution in [3.05, 3.63) is 28.2 Å². The standard InChI is InChI=1S/C16H23Cl2NO3/c1-10-6-12(7-11(2)22-10)19-8-13(20)9-21-15-5-3-4-14(17)16(15)18/h3-5,10-13,19-20H,6-9H2,1-2H3/t10-,11+,12?,13-/m0/s1. The fraction of sp³-hybridized carbons (Fsp3) is 0.625. The Kier molecular flexibility index (Phi) is 6.78. The highest BCUT2D eigenvalue weighted by molar-refractivity contribution is 6.42. The van der Waals surface area contributed by atoms with E-state index < -0.39 is 6.10 Å². The van der Waals surface area contributed by atoms with Gasteiger partial charge in [0.15, 0.2) is 0 Å². The predicted octanol–water partition coefficient (Wildman–Crippen LogP) is 3.28. The first-order valence-electron chi connectivity index (χ1n) is 7.59. The van der Waals surface area contributed by atoms with Crippen molar-refractivity contribution in [2.75, 3.05) is 13.2 Å². The quantitative estimate of drug-likeness (QED) is 0.828. The zero-order valence-electron chi connectivity index (χ0n) is 12.9. The summed E-state index contributed by atoms with van der Waals surface area (Å²) < 4.78 is 11.2. The van der Waals surface area contributed by atoms with Crippen molar-refractivity contribution < 1.29 is 14.6 Å². The third kappa shape index (κ3) is 5.28. The Morgan fingerprint density at radius 1 is 1.32 bits per heavy atom. The number of benzene rings is 1. The van der Waals surface area contributed by atoms with Crippen LogP contribution in [0.3, 0.4) is 0 Å².